The largest absolute Gasteiger partial charge is 0.229 e. The van der Waals surface area contributed by atoms with E-state index >= 15 is 0 Å². The number of halogens is 2. The van der Waals surface area contributed by atoms with Crippen LogP contribution in [0.2, 0.25) is 0 Å². The summed E-state index contributed by atoms with van der Waals surface area (Å²) in [5.41, 5.74) is 2.36. The van der Waals surface area contributed by atoms with Crippen molar-refractivity contribution in [3.8, 4) is 0 Å². The summed E-state index contributed by atoms with van der Waals surface area (Å²) >= 11 is 8.46. The molecule has 0 aliphatic carbocycles. The molecule has 0 bridgehead atoms. The monoisotopic (exact) mass is 305 g/mol. The van der Waals surface area contributed by atoms with Crippen LogP contribution < -0.4 is 0 Å². The molecule has 0 atom stereocenters. The Morgan fingerprint density at radius 2 is 2.25 bits per heavy atom. The van der Waals surface area contributed by atoms with Gasteiger partial charge in [0.15, 0.2) is 3.92 Å². The van der Waals surface area contributed by atoms with Crippen molar-refractivity contribution in [1.82, 2.24) is 4.98 Å². The topological polar surface area (TPSA) is 12.9 Å². The molecule has 0 spiro atoms. The third kappa shape index (κ3) is 1.56. The molecular weight excluding hydrogens is 302 g/mol. The van der Waals surface area contributed by atoms with Crippen molar-refractivity contribution in [3.05, 3.63) is 27.7 Å². The summed E-state index contributed by atoms with van der Waals surface area (Å²) in [4.78, 5) is 4.31. The number of nitrogens with zero attached hydrogens (tertiary/aromatic N) is 1. The molecule has 1 aromatic heterocycles. The molecule has 2 aromatic rings. The highest BCUT2D eigenvalue weighted by atomic mass is 79.9. The number of benzene rings is 1. The standard InChI is InChI=1S/C8H5Br2NS/c9-4-5-1-2-6-7(3-5)12-8(10)11-6/h1-3H,4H2. The SMILES string of the molecule is BrCc1ccc2nc(Br)sc2c1. The van der Waals surface area contributed by atoms with Crippen molar-refractivity contribution in [3.63, 3.8) is 0 Å². The van der Waals surface area contributed by atoms with Crippen LogP contribution in [0.1, 0.15) is 5.56 Å². The van der Waals surface area contributed by atoms with E-state index in [1.54, 1.807) is 11.3 Å². The van der Waals surface area contributed by atoms with Gasteiger partial charge < -0.3 is 0 Å². The van der Waals surface area contributed by atoms with Crippen molar-refractivity contribution >= 4 is 53.4 Å². The average Bonchev–Trinajstić information content (AvgIpc) is 2.43. The lowest BCUT2D eigenvalue weighted by Crippen LogP contribution is -1.74. The van der Waals surface area contributed by atoms with Gasteiger partial charge in [0.2, 0.25) is 0 Å². The molecule has 0 fully saturated rings. The van der Waals surface area contributed by atoms with E-state index in [9.17, 15) is 0 Å². The maximum absolute atomic E-state index is 4.31. The lowest BCUT2D eigenvalue weighted by molar-refractivity contribution is 1.42. The Bertz CT molecular complexity index is 410. The second-order valence-corrected chi connectivity index (χ2v) is 5.27. The smallest absolute Gasteiger partial charge is 0.160 e. The number of hydrogen-bond donors (Lipinski definition) is 0. The molecule has 4 heteroatoms. The predicted molar refractivity (Wildman–Crippen MR) is 60.0 cm³/mol. The van der Waals surface area contributed by atoms with Crippen LogP contribution in [0, 0.1) is 0 Å². The Labute approximate surface area is 91.1 Å². The van der Waals surface area contributed by atoms with Crippen LogP contribution in [-0.4, -0.2) is 4.98 Å². The summed E-state index contributed by atoms with van der Waals surface area (Å²) in [7, 11) is 0. The van der Waals surface area contributed by atoms with Gasteiger partial charge in [0.1, 0.15) is 0 Å². The van der Waals surface area contributed by atoms with Gasteiger partial charge in [0, 0.05) is 5.33 Å². The summed E-state index contributed by atoms with van der Waals surface area (Å²) in [6.45, 7) is 0. The van der Waals surface area contributed by atoms with Crippen molar-refractivity contribution < 1.29 is 0 Å². The van der Waals surface area contributed by atoms with E-state index in [0.29, 0.717) is 0 Å². The Kier molecular flexibility index (Phi) is 2.48. The molecule has 1 aromatic carbocycles. The van der Waals surface area contributed by atoms with Gasteiger partial charge >= 0.3 is 0 Å². The molecule has 1 nitrogen and oxygen atoms in total. The number of aromatic nitrogens is 1. The number of alkyl halides is 1. The fourth-order valence-electron chi connectivity index (χ4n) is 1.02. The number of rotatable bonds is 1. The Balaban J connectivity index is 2.66. The normalized spacial score (nSPS) is 10.8. The van der Waals surface area contributed by atoms with Crippen LogP contribution in [0.5, 0.6) is 0 Å². The summed E-state index contributed by atoms with van der Waals surface area (Å²) in [5, 5.41) is 0.901. The molecule has 0 amide bonds. The zero-order valence-corrected chi connectivity index (χ0v) is 10.0. The average molecular weight is 307 g/mol. The fourth-order valence-corrected chi connectivity index (χ4v) is 2.84. The van der Waals surface area contributed by atoms with E-state index in [-0.39, 0.29) is 0 Å². The summed E-state index contributed by atoms with van der Waals surface area (Å²) in [5.74, 6) is 0. The molecule has 0 saturated carbocycles. The first kappa shape index (κ1) is 8.66. The highest BCUT2D eigenvalue weighted by molar-refractivity contribution is 9.11. The van der Waals surface area contributed by atoms with Gasteiger partial charge in [-0.2, -0.15) is 0 Å². The van der Waals surface area contributed by atoms with Crippen LogP contribution in [0.25, 0.3) is 10.2 Å². The maximum Gasteiger partial charge on any atom is 0.160 e. The van der Waals surface area contributed by atoms with E-state index in [0.717, 1.165) is 14.8 Å². The minimum atomic E-state index is 0.901. The number of hydrogen-bond acceptors (Lipinski definition) is 2. The third-order valence-corrected chi connectivity index (χ3v) is 3.70. The van der Waals surface area contributed by atoms with Crippen LogP contribution in [0.15, 0.2) is 22.1 Å². The molecule has 0 radical (unpaired) electrons. The van der Waals surface area contributed by atoms with Gasteiger partial charge in [-0.3, -0.25) is 0 Å². The third-order valence-electron chi connectivity index (χ3n) is 1.58. The van der Waals surface area contributed by atoms with Crippen LogP contribution in [0.3, 0.4) is 0 Å². The number of fused-ring (bicyclic) bond motifs is 1. The summed E-state index contributed by atoms with van der Waals surface area (Å²) < 4.78 is 2.18. The molecule has 12 heavy (non-hydrogen) atoms. The van der Waals surface area contributed by atoms with Gasteiger partial charge in [-0.1, -0.05) is 22.0 Å². The van der Waals surface area contributed by atoms with Crippen molar-refractivity contribution in [2.24, 2.45) is 0 Å². The quantitative estimate of drug-likeness (QED) is 0.727. The Hall–Kier alpha value is 0.0700. The van der Waals surface area contributed by atoms with Crippen molar-refractivity contribution in [2.75, 3.05) is 0 Å². The first-order chi connectivity index (χ1) is 5.79. The molecule has 0 aliphatic rings. The van der Waals surface area contributed by atoms with Gasteiger partial charge in [0.05, 0.1) is 10.2 Å². The van der Waals surface area contributed by atoms with Gasteiger partial charge in [-0.15, -0.1) is 11.3 Å². The zero-order valence-electron chi connectivity index (χ0n) is 6.05. The van der Waals surface area contributed by atoms with E-state index in [4.69, 9.17) is 0 Å². The van der Waals surface area contributed by atoms with Crippen molar-refractivity contribution in [1.29, 1.82) is 0 Å². The second-order valence-electron chi connectivity index (χ2n) is 2.40. The van der Waals surface area contributed by atoms with Crippen LogP contribution in [0.4, 0.5) is 0 Å². The second kappa shape index (κ2) is 3.44. The van der Waals surface area contributed by atoms with Crippen molar-refractivity contribution in [2.45, 2.75) is 5.33 Å². The number of thiazole rings is 1. The molecule has 1 heterocycles. The predicted octanol–water partition coefficient (Wildman–Crippen LogP) is 3.95. The first-order valence-electron chi connectivity index (χ1n) is 3.40. The molecule has 0 saturated heterocycles. The summed E-state index contributed by atoms with van der Waals surface area (Å²) in [6, 6.07) is 6.29. The lowest BCUT2D eigenvalue weighted by Gasteiger charge is -1.92. The first-order valence-corrected chi connectivity index (χ1v) is 6.13. The van der Waals surface area contributed by atoms with E-state index < -0.39 is 0 Å². The molecular formula is C8H5Br2NS. The van der Waals surface area contributed by atoms with Gasteiger partial charge in [0.25, 0.3) is 0 Å². The molecule has 0 aliphatic heterocycles. The van der Waals surface area contributed by atoms with Gasteiger partial charge in [-0.25, -0.2) is 4.98 Å². The minimum Gasteiger partial charge on any atom is -0.229 e. The minimum absolute atomic E-state index is 0.901. The lowest BCUT2D eigenvalue weighted by atomic mass is 10.2. The highest BCUT2D eigenvalue weighted by Gasteiger charge is 2.00. The Morgan fingerprint density at radius 3 is 3.00 bits per heavy atom. The Morgan fingerprint density at radius 1 is 1.42 bits per heavy atom. The molecule has 0 unspecified atom stereocenters. The van der Waals surface area contributed by atoms with Gasteiger partial charge in [-0.05, 0) is 33.6 Å². The van der Waals surface area contributed by atoms with E-state index in [2.05, 4.69) is 49.0 Å². The fraction of sp³-hybridized carbons (Fsp3) is 0.125. The van der Waals surface area contributed by atoms with E-state index in [1.165, 1.54) is 10.3 Å². The summed E-state index contributed by atoms with van der Waals surface area (Å²) in [6.07, 6.45) is 0. The molecule has 2 rings (SSSR count). The molecule has 62 valence electrons. The maximum atomic E-state index is 4.31. The van der Waals surface area contributed by atoms with Crippen LogP contribution >= 0.6 is 43.2 Å². The highest BCUT2D eigenvalue weighted by Crippen LogP contribution is 2.27. The van der Waals surface area contributed by atoms with Crippen LogP contribution in [-0.2, 0) is 5.33 Å². The van der Waals surface area contributed by atoms with E-state index in [1.807, 2.05) is 6.07 Å². The zero-order chi connectivity index (χ0) is 8.55. The molecule has 0 N–H and O–H groups in total.